The van der Waals surface area contributed by atoms with Crippen molar-refractivity contribution in [3.05, 3.63) is 88.4 Å². The first-order chi connectivity index (χ1) is 14.3. The second kappa shape index (κ2) is 9.57. The molecule has 3 aromatic rings. The van der Waals surface area contributed by atoms with E-state index in [-0.39, 0.29) is 6.04 Å². The number of halogens is 1. The number of benzene rings is 3. The van der Waals surface area contributed by atoms with Gasteiger partial charge < -0.3 is 10.1 Å². The van der Waals surface area contributed by atoms with Crippen molar-refractivity contribution in [1.29, 1.82) is 0 Å². The predicted molar refractivity (Wildman–Crippen MR) is 123 cm³/mol. The maximum absolute atomic E-state index is 5.75. The van der Waals surface area contributed by atoms with E-state index < -0.39 is 0 Å². The molecule has 1 aliphatic rings. The van der Waals surface area contributed by atoms with E-state index in [2.05, 4.69) is 92.9 Å². The van der Waals surface area contributed by atoms with Gasteiger partial charge in [-0.3, -0.25) is 4.90 Å². The standard InChI is InChI=1S/C25H27BrN2O/c1-29-24-13-12-22(26)18-23(24)25(28-16-5-14-27-15-17-28)21-10-8-20(9-11-21)19-6-3-2-4-7-19/h2-4,6-13,18,25,27H,5,14-17H2,1H3. The van der Waals surface area contributed by atoms with Gasteiger partial charge in [0.2, 0.25) is 0 Å². The first-order valence-electron chi connectivity index (χ1n) is 10.2. The Labute approximate surface area is 181 Å². The average molecular weight is 451 g/mol. The summed E-state index contributed by atoms with van der Waals surface area (Å²) in [5.74, 6) is 0.933. The fraction of sp³-hybridized carbons (Fsp3) is 0.280. The van der Waals surface area contributed by atoms with Gasteiger partial charge in [-0.25, -0.2) is 0 Å². The van der Waals surface area contributed by atoms with Crippen LogP contribution in [0.3, 0.4) is 0 Å². The predicted octanol–water partition coefficient (Wildman–Crippen LogP) is 5.51. The molecule has 1 atom stereocenters. The van der Waals surface area contributed by atoms with Gasteiger partial charge in [0.15, 0.2) is 0 Å². The van der Waals surface area contributed by atoms with E-state index in [1.54, 1.807) is 7.11 Å². The summed E-state index contributed by atoms with van der Waals surface area (Å²) in [4.78, 5) is 2.57. The number of methoxy groups -OCH3 is 1. The summed E-state index contributed by atoms with van der Waals surface area (Å²) < 4.78 is 6.83. The van der Waals surface area contributed by atoms with E-state index in [4.69, 9.17) is 4.74 Å². The third-order valence-electron chi connectivity index (χ3n) is 5.56. The summed E-state index contributed by atoms with van der Waals surface area (Å²) in [5.41, 5.74) is 4.99. The Morgan fingerprint density at radius 3 is 2.41 bits per heavy atom. The maximum atomic E-state index is 5.75. The third-order valence-corrected chi connectivity index (χ3v) is 6.05. The Morgan fingerprint density at radius 1 is 0.897 bits per heavy atom. The molecule has 1 unspecified atom stereocenters. The van der Waals surface area contributed by atoms with E-state index >= 15 is 0 Å². The highest BCUT2D eigenvalue weighted by Crippen LogP contribution is 2.37. The summed E-state index contributed by atoms with van der Waals surface area (Å²) in [6, 6.07) is 26.0. The fourth-order valence-corrected chi connectivity index (χ4v) is 4.50. The molecule has 29 heavy (non-hydrogen) atoms. The molecule has 1 aliphatic heterocycles. The molecule has 0 bridgehead atoms. The molecule has 3 aromatic carbocycles. The van der Waals surface area contributed by atoms with Gasteiger partial charge >= 0.3 is 0 Å². The quantitative estimate of drug-likeness (QED) is 0.554. The van der Waals surface area contributed by atoms with Gasteiger partial charge in [-0.15, -0.1) is 0 Å². The molecule has 0 radical (unpaired) electrons. The number of nitrogens with one attached hydrogen (secondary N) is 1. The summed E-state index contributed by atoms with van der Waals surface area (Å²) in [6.45, 7) is 4.16. The number of hydrogen-bond donors (Lipinski definition) is 1. The van der Waals surface area contributed by atoms with Crippen molar-refractivity contribution in [1.82, 2.24) is 10.2 Å². The number of rotatable bonds is 5. The lowest BCUT2D eigenvalue weighted by Crippen LogP contribution is -2.33. The van der Waals surface area contributed by atoms with E-state index in [0.29, 0.717) is 0 Å². The zero-order valence-corrected chi connectivity index (χ0v) is 18.4. The number of nitrogens with zero attached hydrogens (tertiary/aromatic N) is 1. The topological polar surface area (TPSA) is 24.5 Å². The minimum Gasteiger partial charge on any atom is -0.496 e. The van der Waals surface area contributed by atoms with Crippen LogP contribution in [-0.2, 0) is 0 Å². The summed E-state index contributed by atoms with van der Waals surface area (Å²) in [5, 5.41) is 3.52. The van der Waals surface area contributed by atoms with E-state index in [0.717, 1.165) is 42.8 Å². The summed E-state index contributed by atoms with van der Waals surface area (Å²) >= 11 is 3.66. The molecule has 0 amide bonds. The van der Waals surface area contributed by atoms with Crippen LogP contribution in [0.2, 0.25) is 0 Å². The van der Waals surface area contributed by atoms with Gasteiger partial charge in [0.05, 0.1) is 13.2 Å². The number of hydrogen-bond acceptors (Lipinski definition) is 3. The van der Waals surface area contributed by atoms with Crippen LogP contribution in [0.15, 0.2) is 77.3 Å². The first-order valence-corrected chi connectivity index (χ1v) is 11.0. The minimum absolute atomic E-state index is 0.159. The van der Waals surface area contributed by atoms with Gasteiger partial charge in [0, 0.05) is 29.7 Å². The Morgan fingerprint density at radius 2 is 1.66 bits per heavy atom. The second-order valence-corrected chi connectivity index (χ2v) is 8.33. The van der Waals surface area contributed by atoms with Gasteiger partial charge in [-0.1, -0.05) is 70.5 Å². The molecule has 0 spiro atoms. The van der Waals surface area contributed by atoms with Crippen LogP contribution in [0.1, 0.15) is 23.6 Å². The highest BCUT2D eigenvalue weighted by molar-refractivity contribution is 9.10. The van der Waals surface area contributed by atoms with Gasteiger partial charge in [-0.2, -0.15) is 0 Å². The van der Waals surface area contributed by atoms with E-state index in [1.807, 2.05) is 6.07 Å². The van der Waals surface area contributed by atoms with Crippen LogP contribution in [0, 0.1) is 0 Å². The molecule has 4 heteroatoms. The lowest BCUT2D eigenvalue weighted by molar-refractivity contribution is 0.236. The lowest BCUT2D eigenvalue weighted by Gasteiger charge is -2.32. The summed E-state index contributed by atoms with van der Waals surface area (Å²) in [6.07, 6.45) is 1.15. The summed E-state index contributed by atoms with van der Waals surface area (Å²) in [7, 11) is 1.76. The molecule has 1 fully saturated rings. The minimum atomic E-state index is 0.159. The molecule has 1 N–H and O–H groups in total. The molecule has 0 aromatic heterocycles. The molecule has 4 rings (SSSR count). The molecule has 1 heterocycles. The SMILES string of the molecule is COc1ccc(Br)cc1C(c1ccc(-c2ccccc2)cc1)N1CCCNCC1. The van der Waals surface area contributed by atoms with Crippen molar-refractivity contribution in [3.8, 4) is 16.9 Å². The zero-order valence-electron chi connectivity index (χ0n) is 16.8. The fourth-order valence-electron chi connectivity index (χ4n) is 4.12. The van der Waals surface area contributed by atoms with Crippen molar-refractivity contribution < 1.29 is 4.74 Å². The van der Waals surface area contributed by atoms with Gasteiger partial charge in [0.25, 0.3) is 0 Å². The first kappa shape index (κ1) is 20.1. The van der Waals surface area contributed by atoms with Crippen molar-refractivity contribution in [2.45, 2.75) is 12.5 Å². The van der Waals surface area contributed by atoms with Gasteiger partial charge in [0.1, 0.15) is 5.75 Å². The Kier molecular flexibility index (Phi) is 6.65. The molecular weight excluding hydrogens is 424 g/mol. The zero-order chi connectivity index (χ0) is 20.1. The Balaban J connectivity index is 1.75. The molecular formula is C25H27BrN2O. The van der Waals surface area contributed by atoms with Crippen LogP contribution in [0.4, 0.5) is 0 Å². The van der Waals surface area contributed by atoms with Crippen molar-refractivity contribution in [2.75, 3.05) is 33.3 Å². The average Bonchev–Trinajstić information content (AvgIpc) is 3.05. The molecule has 3 nitrogen and oxygen atoms in total. The van der Waals surface area contributed by atoms with E-state index in [1.165, 1.54) is 22.3 Å². The lowest BCUT2D eigenvalue weighted by atomic mass is 9.94. The maximum Gasteiger partial charge on any atom is 0.124 e. The van der Waals surface area contributed by atoms with Crippen LogP contribution in [-0.4, -0.2) is 38.2 Å². The van der Waals surface area contributed by atoms with Crippen molar-refractivity contribution in [2.24, 2.45) is 0 Å². The Hall–Kier alpha value is -2.14. The molecule has 0 aliphatic carbocycles. The third kappa shape index (κ3) is 4.72. The molecule has 150 valence electrons. The molecule has 1 saturated heterocycles. The smallest absolute Gasteiger partial charge is 0.124 e. The second-order valence-electron chi connectivity index (χ2n) is 7.42. The monoisotopic (exact) mass is 450 g/mol. The van der Waals surface area contributed by atoms with Crippen LogP contribution in [0.25, 0.3) is 11.1 Å². The van der Waals surface area contributed by atoms with Crippen LogP contribution in [0.5, 0.6) is 5.75 Å². The molecule has 0 saturated carbocycles. The van der Waals surface area contributed by atoms with Crippen molar-refractivity contribution in [3.63, 3.8) is 0 Å². The Bertz CT molecular complexity index is 919. The highest BCUT2D eigenvalue weighted by atomic mass is 79.9. The van der Waals surface area contributed by atoms with Crippen LogP contribution >= 0.6 is 15.9 Å². The normalized spacial score (nSPS) is 16.2. The van der Waals surface area contributed by atoms with Crippen molar-refractivity contribution >= 4 is 15.9 Å². The number of ether oxygens (including phenoxy) is 1. The highest BCUT2D eigenvalue weighted by Gasteiger charge is 2.26. The van der Waals surface area contributed by atoms with E-state index in [9.17, 15) is 0 Å². The van der Waals surface area contributed by atoms with Crippen LogP contribution < -0.4 is 10.1 Å². The largest absolute Gasteiger partial charge is 0.496 e. The van der Waals surface area contributed by atoms with Gasteiger partial charge in [-0.05, 0) is 47.9 Å².